The van der Waals surface area contributed by atoms with Crippen molar-refractivity contribution in [2.24, 2.45) is 5.73 Å². The quantitative estimate of drug-likeness (QED) is 0.877. The number of phenolic OH excluding ortho intramolecular Hbond substituents is 1. The van der Waals surface area contributed by atoms with Crippen LogP contribution in [0.5, 0.6) is 11.6 Å². The summed E-state index contributed by atoms with van der Waals surface area (Å²) in [5, 5.41) is 9.46. The number of benzene rings is 1. The molecular formula is C15H20N4O2. The average Bonchev–Trinajstić information content (AvgIpc) is 2.49. The van der Waals surface area contributed by atoms with Gasteiger partial charge in [0.2, 0.25) is 5.88 Å². The first kappa shape index (κ1) is 14.0. The molecule has 0 unspecified atom stereocenters. The van der Waals surface area contributed by atoms with Gasteiger partial charge in [-0.25, -0.2) is 9.97 Å². The number of nitrogens with two attached hydrogens (primary N) is 1. The van der Waals surface area contributed by atoms with Crippen molar-refractivity contribution >= 4 is 11.0 Å². The Kier molecular flexibility index (Phi) is 4.17. The molecule has 1 aromatic carbocycles. The van der Waals surface area contributed by atoms with E-state index in [1.807, 2.05) is 0 Å². The number of nitrogens with zero attached hydrogens (tertiary/aromatic N) is 3. The van der Waals surface area contributed by atoms with E-state index in [0.717, 1.165) is 38.0 Å². The predicted molar refractivity (Wildman–Crippen MR) is 80.3 cm³/mol. The lowest BCUT2D eigenvalue weighted by Crippen LogP contribution is -2.41. The number of aromatic nitrogens is 2. The molecule has 1 saturated heterocycles. The van der Waals surface area contributed by atoms with Gasteiger partial charge >= 0.3 is 0 Å². The Morgan fingerprint density at radius 1 is 1.29 bits per heavy atom. The molecule has 1 fully saturated rings. The fourth-order valence-corrected chi connectivity index (χ4v) is 2.51. The van der Waals surface area contributed by atoms with Crippen LogP contribution in [-0.4, -0.2) is 52.3 Å². The van der Waals surface area contributed by atoms with Crippen molar-refractivity contribution in [3.8, 4) is 11.6 Å². The second kappa shape index (κ2) is 6.24. The second-order valence-electron chi connectivity index (χ2n) is 5.41. The normalized spacial score (nSPS) is 17.2. The van der Waals surface area contributed by atoms with Crippen LogP contribution in [0.2, 0.25) is 0 Å². The number of aromatic hydroxyl groups is 1. The molecule has 0 aliphatic carbocycles. The number of piperidine rings is 1. The first-order valence-electron chi connectivity index (χ1n) is 7.27. The maximum atomic E-state index is 9.46. The van der Waals surface area contributed by atoms with E-state index in [1.165, 1.54) is 0 Å². The van der Waals surface area contributed by atoms with Crippen molar-refractivity contribution in [3.63, 3.8) is 0 Å². The van der Waals surface area contributed by atoms with E-state index in [-0.39, 0.29) is 5.75 Å². The number of likely N-dealkylation sites (tertiary alicyclic amines) is 1. The monoisotopic (exact) mass is 288 g/mol. The summed E-state index contributed by atoms with van der Waals surface area (Å²) in [6.45, 7) is 3.50. The van der Waals surface area contributed by atoms with Gasteiger partial charge in [0.15, 0.2) is 0 Å². The molecule has 0 bridgehead atoms. The van der Waals surface area contributed by atoms with E-state index in [4.69, 9.17) is 10.5 Å². The van der Waals surface area contributed by atoms with Crippen LogP contribution in [0.4, 0.5) is 0 Å². The van der Waals surface area contributed by atoms with Gasteiger partial charge in [0.25, 0.3) is 0 Å². The van der Waals surface area contributed by atoms with E-state index in [0.29, 0.717) is 24.0 Å². The maximum Gasteiger partial charge on any atom is 0.232 e. The summed E-state index contributed by atoms with van der Waals surface area (Å²) in [5.41, 5.74) is 7.26. The largest absolute Gasteiger partial charge is 0.508 e. The van der Waals surface area contributed by atoms with Gasteiger partial charge in [-0.2, -0.15) is 0 Å². The molecule has 0 spiro atoms. The summed E-state index contributed by atoms with van der Waals surface area (Å²) in [4.78, 5) is 11.0. The SMILES string of the molecule is NC1CCN(CCOc2cnc3ccc(O)cc3n2)CC1. The molecule has 0 atom stereocenters. The summed E-state index contributed by atoms with van der Waals surface area (Å²) < 4.78 is 5.66. The first-order chi connectivity index (χ1) is 10.2. The van der Waals surface area contributed by atoms with Gasteiger partial charge in [0, 0.05) is 18.7 Å². The third-order valence-corrected chi connectivity index (χ3v) is 3.79. The van der Waals surface area contributed by atoms with Crippen molar-refractivity contribution in [2.45, 2.75) is 18.9 Å². The standard InChI is InChI=1S/C15H20N4O2/c16-11-3-5-19(6-4-11)7-8-21-15-10-17-13-2-1-12(20)9-14(13)18-15/h1-2,9-11,20H,3-8,16H2. The Hall–Kier alpha value is -1.92. The number of hydrogen-bond acceptors (Lipinski definition) is 6. The molecular weight excluding hydrogens is 268 g/mol. The van der Waals surface area contributed by atoms with E-state index >= 15 is 0 Å². The molecule has 112 valence electrons. The summed E-state index contributed by atoms with van der Waals surface area (Å²) in [6.07, 6.45) is 3.72. The molecule has 6 nitrogen and oxygen atoms in total. The Morgan fingerprint density at radius 3 is 2.90 bits per heavy atom. The predicted octanol–water partition coefficient (Wildman–Crippen LogP) is 1.14. The molecule has 3 rings (SSSR count). The van der Waals surface area contributed by atoms with E-state index in [9.17, 15) is 5.11 Å². The second-order valence-corrected chi connectivity index (χ2v) is 5.41. The third kappa shape index (κ3) is 3.59. The summed E-state index contributed by atoms with van der Waals surface area (Å²) in [5.74, 6) is 0.667. The van der Waals surface area contributed by atoms with Gasteiger partial charge in [0.1, 0.15) is 12.4 Å². The van der Waals surface area contributed by atoms with Crippen LogP contribution < -0.4 is 10.5 Å². The average molecular weight is 288 g/mol. The lowest BCUT2D eigenvalue weighted by Gasteiger charge is -2.29. The minimum atomic E-state index is 0.179. The van der Waals surface area contributed by atoms with Crippen molar-refractivity contribution in [1.82, 2.24) is 14.9 Å². The van der Waals surface area contributed by atoms with Crippen molar-refractivity contribution in [1.29, 1.82) is 0 Å². The maximum absolute atomic E-state index is 9.46. The highest BCUT2D eigenvalue weighted by molar-refractivity contribution is 5.75. The van der Waals surface area contributed by atoms with Crippen LogP contribution in [0.15, 0.2) is 24.4 Å². The highest BCUT2D eigenvalue weighted by Gasteiger charge is 2.15. The topological polar surface area (TPSA) is 84.5 Å². The molecule has 2 aromatic rings. The number of ether oxygens (including phenoxy) is 1. The van der Waals surface area contributed by atoms with Crippen LogP contribution in [0.3, 0.4) is 0 Å². The van der Waals surface area contributed by atoms with Crippen molar-refractivity contribution in [3.05, 3.63) is 24.4 Å². The van der Waals surface area contributed by atoms with Gasteiger partial charge in [-0.15, -0.1) is 0 Å². The van der Waals surface area contributed by atoms with Crippen LogP contribution in [0.25, 0.3) is 11.0 Å². The number of hydrogen-bond donors (Lipinski definition) is 2. The van der Waals surface area contributed by atoms with Crippen LogP contribution in [-0.2, 0) is 0 Å². The van der Waals surface area contributed by atoms with Crippen molar-refractivity contribution in [2.75, 3.05) is 26.2 Å². The summed E-state index contributed by atoms with van der Waals surface area (Å²) in [7, 11) is 0. The van der Waals surface area contributed by atoms with E-state index in [2.05, 4.69) is 14.9 Å². The lowest BCUT2D eigenvalue weighted by atomic mass is 10.1. The van der Waals surface area contributed by atoms with Crippen molar-refractivity contribution < 1.29 is 9.84 Å². The number of phenols is 1. The fraction of sp³-hybridized carbons (Fsp3) is 0.467. The molecule has 6 heteroatoms. The zero-order valence-electron chi connectivity index (χ0n) is 11.9. The Labute approximate surface area is 123 Å². The van der Waals surface area contributed by atoms with Gasteiger partial charge in [-0.05, 0) is 38.1 Å². The lowest BCUT2D eigenvalue weighted by molar-refractivity contribution is 0.171. The van der Waals surface area contributed by atoms with Gasteiger partial charge in [0.05, 0.1) is 17.2 Å². The highest BCUT2D eigenvalue weighted by atomic mass is 16.5. The van der Waals surface area contributed by atoms with Gasteiger partial charge < -0.3 is 15.6 Å². The van der Waals surface area contributed by atoms with E-state index in [1.54, 1.807) is 24.4 Å². The molecule has 21 heavy (non-hydrogen) atoms. The van der Waals surface area contributed by atoms with Crippen LogP contribution in [0.1, 0.15) is 12.8 Å². The zero-order chi connectivity index (χ0) is 14.7. The van der Waals surface area contributed by atoms with Gasteiger partial charge in [-0.1, -0.05) is 0 Å². The number of fused-ring (bicyclic) bond motifs is 1. The smallest absolute Gasteiger partial charge is 0.232 e. The fourth-order valence-electron chi connectivity index (χ4n) is 2.51. The highest BCUT2D eigenvalue weighted by Crippen LogP contribution is 2.18. The van der Waals surface area contributed by atoms with Crippen LogP contribution >= 0.6 is 0 Å². The van der Waals surface area contributed by atoms with E-state index < -0.39 is 0 Å². The molecule has 1 aliphatic heterocycles. The summed E-state index contributed by atoms with van der Waals surface area (Å²) in [6, 6.07) is 5.26. The zero-order valence-corrected chi connectivity index (χ0v) is 11.9. The molecule has 0 saturated carbocycles. The third-order valence-electron chi connectivity index (χ3n) is 3.79. The Morgan fingerprint density at radius 2 is 2.10 bits per heavy atom. The molecule has 2 heterocycles. The van der Waals surface area contributed by atoms with Crippen LogP contribution in [0, 0.1) is 0 Å². The van der Waals surface area contributed by atoms with Gasteiger partial charge in [-0.3, -0.25) is 4.90 Å². The Balaban J connectivity index is 1.55. The summed E-state index contributed by atoms with van der Waals surface area (Å²) >= 11 is 0. The minimum Gasteiger partial charge on any atom is -0.508 e. The first-order valence-corrected chi connectivity index (χ1v) is 7.27. The Bertz CT molecular complexity index is 612. The number of rotatable bonds is 4. The molecule has 1 aromatic heterocycles. The molecule has 3 N–H and O–H groups in total. The minimum absolute atomic E-state index is 0.179. The molecule has 0 amide bonds. The molecule has 1 aliphatic rings. The molecule has 0 radical (unpaired) electrons.